The Kier molecular flexibility index (Phi) is 20.9. The lowest BCUT2D eigenvalue weighted by molar-refractivity contribution is -0.144. The van der Waals surface area contributed by atoms with Gasteiger partial charge in [-0.05, 0) is 111 Å². The number of Topliss-reactive ketones (excluding diaryl/α,β-unsaturated/α-hetero) is 2. The van der Waals surface area contributed by atoms with E-state index in [-0.39, 0.29) is 0 Å². The number of hydrogen-bond acceptors (Lipinski definition) is 12. The maximum absolute atomic E-state index is 13.0. The number of nitrogens with zero attached hydrogens (tertiary/aromatic N) is 4. The largest absolute Gasteiger partial charge is 0.388 e. The Labute approximate surface area is 422 Å². The molecule has 4 aromatic rings. The van der Waals surface area contributed by atoms with Crippen molar-refractivity contribution in [1.29, 1.82) is 0 Å². The van der Waals surface area contributed by atoms with E-state index in [0.717, 1.165) is 111 Å². The molecule has 0 saturated carbocycles. The highest BCUT2D eigenvalue weighted by Crippen LogP contribution is 2.21. The molecule has 4 N–H and O–H groups in total. The average Bonchev–Trinajstić information content (AvgIpc) is 3.86. The molecule has 380 valence electrons. The van der Waals surface area contributed by atoms with Gasteiger partial charge in [0.1, 0.15) is 13.2 Å². The molecular weight excluding hydrogens is 917 g/mol. The molecule has 2 aliphatic heterocycles. The van der Waals surface area contributed by atoms with Crippen LogP contribution in [0.3, 0.4) is 0 Å². The second kappa shape index (κ2) is 27.0. The van der Waals surface area contributed by atoms with E-state index in [4.69, 9.17) is 9.47 Å². The number of likely N-dealkylation sites (N-methyl/N-ethyl adjacent to an activating group) is 4. The first-order chi connectivity index (χ1) is 34.6. The first-order valence-corrected chi connectivity index (χ1v) is 23.9. The van der Waals surface area contributed by atoms with Crippen LogP contribution in [-0.4, -0.2) is 170 Å². The molecule has 0 aliphatic carbocycles. The van der Waals surface area contributed by atoms with Crippen molar-refractivity contribution in [3.8, 4) is 23.7 Å². The number of carbonyl (C=O) groups is 6. The van der Waals surface area contributed by atoms with Crippen molar-refractivity contribution < 1.29 is 48.5 Å². The summed E-state index contributed by atoms with van der Waals surface area (Å²) in [5.74, 6) is 8.54. The summed E-state index contributed by atoms with van der Waals surface area (Å²) >= 11 is 0. The van der Waals surface area contributed by atoms with Gasteiger partial charge in [0, 0.05) is 114 Å². The van der Waals surface area contributed by atoms with Crippen molar-refractivity contribution in [2.24, 2.45) is 0 Å². The fourth-order valence-electron chi connectivity index (χ4n) is 8.02. The first kappa shape index (κ1) is 55.9. The lowest BCUT2D eigenvalue weighted by Gasteiger charge is -2.35. The summed E-state index contributed by atoms with van der Waals surface area (Å²) < 4.78 is 11.0. The van der Waals surface area contributed by atoms with Gasteiger partial charge in [0.25, 0.3) is 23.6 Å². The van der Waals surface area contributed by atoms with Crippen LogP contribution < -0.4 is 10.6 Å². The number of hydrogen-bond donors (Lipinski definition) is 4. The molecule has 1 unspecified atom stereocenters. The molecule has 0 aromatic heterocycles. The average molecular weight is 983 g/mol. The molecule has 16 nitrogen and oxygen atoms in total. The van der Waals surface area contributed by atoms with Gasteiger partial charge in [0.2, 0.25) is 0 Å². The monoisotopic (exact) mass is 982 g/mol. The van der Waals surface area contributed by atoms with Crippen LogP contribution >= 0.6 is 0 Å². The van der Waals surface area contributed by atoms with Gasteiger partial charge in [-0.25, -0.2) is 0 Å². The van der Waals surface area contributed by atoms with Gasteiger partial charge in [-0.2, -0.15) is 0 Å². The number of carbonyl (C=O) groups excluding carboxylic acids is 6. The van der Waals surface area contributed by atoms with Gasteiger partial charge in [-0.3, -0.25) is 38.6 Å². The number of amides is 4. The Balaban J connectivity index is 0.000000267. The van der Waals surface area contributed by atoms with E-state index in [0.29, 0.717) is 11.1 Å². The normalized spacial score (nSPS) is 15.6. The van der Waals surface area contributed by atoms with E-state index < -0.39 is 59.5 Å². The molecule has 2 saturated heterocycles. The Hall–Kier alpha value is -7.02. The van der Waals surface area contributed by atoms with E-state index in [1.165, 1.54) is 53.2 Å². The smallest absolute Gasteiger partial charge is 0.254 e. The summed E-state index contributed by atoms with van der Waals surface area (Å²) in [6.45, 7) is 9.88. The molecule has 4 aromatic carbocycles. The summed E-state index contributed by atoms with van der Waals surface area (Å²) in [4.78, 5) is 82.1. The third-order valence-corrected chi connectivity index (χ3v) is 13.0. The van der Waals surface area contributed by atoms with Crippen LogP contribution in [-0.2, 0) is 41.7 Å². The van der Waals surface area contributed by atoms with Crippen LogP contribution in [0.2, 0.25) is 0 Å². The highest BCUT2D eigenvalue weighted by atomic mass is 16.5. The van der Waals surface area contributed by atoms with Gasteiger partial charge < -0.3 is 40.1 Å². The summed E-state index contributed by atoms with van der Waals surface area (Å²) in [5, 5.41) is 23.4. The van der Waals surface area contributed by atoms with Crippen molar-refractivity contribution in [2.75, 3.05) is 94.0 Å². The van der Waals surface area contributed by atoms with E-state index in [1.54, 1.807) is 48.5 Å². The lowest BCUT2D eigenvalue weighted by Crippen LogP contribution is -2.62. The molecule has 0 radical (unpaired) electrons. The molecule has 0 bridgehead atoms. The van der Waals surface area contributed by atoms with Gasteiger partial charge in [0.05, 0.1) is 13.2 Å². The van der Waals surface area contributed by atoms with Crippen LogP contribution in [0.5, 0.6) is 0 Å². The predicted molar refractivity (Wildman–Crippen MR) is 272 cm³/mol. The highest BCUT2D eigenvalue weighted by Gasteiger charge is 2.47. The van der Waals surface area contributed by atoms with Crippen LogP contribution in [0.25, 0.3) is 0 Å². The maximum atomic E-state index is 13.0. The Bertz CT molecular complexity index is 2400. The molecule has 16 heteroatoms. The van der Waals surface area contributed by atoms with E-state index >= 15 is 0 Å². The van der Waals surface area contributed by atoms with Crippen LogP contribution in [0.1, 0.15) is 80.8 Å². The highest BCUT2D eigenvalue weighted by molar-refractivity contribution is 6.15. The van der Waals surface area contributed by atoms with Crippen molar-refractivity contribution in [3.63, 3.8) is 0 Å². The minimum absolute atomic E-state index is 0.298. The lowest BCUT2D eigenvalue weighted by atomic mass is 9.92. The predicted octanol–water partition coefficient (Wildman–Crippen LogP) is 2.89. The number of ether oxygens (including phenoxy) is 2. The summed E-state index contributed by atoms with van der Waals surface area (Å²) in [7, 11) is 5.47. The Morgan fingerprint density at radius 1 is 0.514 bits per heavy atom. The van der Waals surface area contributed by atoms with Gasteiger partial charge in [0.15, 0.2) is 22.6 Å². The number of ketones is 2. The Morgan fingerprint density at radius 2 is 0.819 bits per heavy atom. The van der Waals surface area contributed by atoms with Crippen LogP contribution in [0.4, 0.5) is 0 Å². The molecule has 6 rings (SSSR count). The molecule has 2 heterocycles. The number of aliphatic hydroxyl groups excluding tert-OH is 2. The number of nitrogens with one attached hydrogen (secondary N) is 2. The minimum atomic E-state index is -1.83. The summed E-state index contributed by atoms with van der Waals surface area (Å²) in [5.41, 5.74) is 2.64. The number of aliphatic hydroxyl groups is 2. The fourth-order valence-corrected chi connectivity index (χ4v) is 8.02. The van der Waals surface area contributed by atoms with Crippen molar-refractivity contribution in [3.05, 3.63) is 142 Å². The Morgan fingerprint density at radius 3 is 1.11 bits per heavy atom. The fraction of sp³-hybridized carbons (Fsp3) is 0.393. The van der Waals surface area contributed by atoms with Crippen LogP contribution in [0.15, 0.2) is 97.1 Å². The second-order valence-electron chi connectivity index (χ2n) is 17.7. The molecule has 4 amide bonds. The van der Waals surface area contributed by atoms with Crippen molar-refractivity contribution in [1.82, 2.24) is 30.2 Å². The molecular formula is C56H66N6O10. The number of benzene rings is 4. The van der Waals surface area contributed by atoms with E-state index in [1.807, 2.05) is 24.3 Å². The topological polar surface area (TPSA) is 198 Å². The molecule has 2 fully saturated rings. The zero-order valence-corrected chi connectivity index (χ0v) is 42.1. The van der Waals surface area contributed by atoms with Crippen molar-refractivity contribution >= 4 is 35.2 Å². The second-order valence-corrected chi connectivity index (χ2v) is 17.7. The molecule has 0 spiro atoms. The summed E-state index contributed by atoms with van der Waals surface area (Å²) in [6, 6.07) is 29.6. The number of rotatable bonds is 14. The minimum Gasteiger partial charge on any atom is -0.388 e. The molecule has 2 aliphatic rings. The van der Waals surface area contributed by atoms with Crippen molar-refractivity contribution in [2.45, 2.75) is 50.9 Å². The zero-order chi connectivity index (χ0) is 52.3. The molecule has 2 atom stereocenters. The van der Waals surface area contributed by atoms with Gasteiger partial charge >= 0.3 is 0 Å². The van der Waals surface area contributed by atoms with E-state index in [2.05, 4.69) is 68.4 Å². The van der Waals surface area contributed by atoms with Crippen LogP contribution in [0, 0.1) is 23.7 Å². The third kappa shape index (κ3) is 14.5. The first-order valence-electron chi connectivity index (χ1n) is 23.9. The zero-order valence-electron chi connectivity index (χ0n) is 42.1. The standard InChI is InChI=1S/2C28H33N3O5/c2*1-28(25(33)20-32,27(35)29-2)30(3)26(34)24-13-11-22(12-14-24)6-5-21-7-9-23(10-8-21)19-31-15-4-17-36-18-16-31/h2*7-14,32H,4,15-20H2,1-3H3,(H,29,35)/t28-;/m1./s1. The molecule has 72 heavy (non-hydrogen) atoms. The third-order valence-electron chi connectivity index (χ3n) is 13.0. The van der Waals surface area contributed by atoms with E-state index in [9.17, 15) is 39.0 Å². The van der Waals surface area contributed by atoms with Gasteiger partial charge in [-0.1, -0.05) is 47.9 Å². The maximum Gasteiger partial charge on any atom is 0.254 e. The quantitative estimate of drug-likeness (QED) is 0.107. The summed E-state index contributed by atoms with van der Waals surface area (Å²) in [6.07, 6.45) is 2.11. The SMILES string of the molecule is CNC(=O)C(C)(C(=O)CO)N(C)C(=O)c1ccc(C#Cc2ccc(CN3CCCOCC3)cc2)cc1.CNC(=O)[C@@](C)(C(=O)CO)N(C)C(=O)c1ccc(C#Cc2ccc(CN3CCCOCC3)cc2)cc1. The van der Waals surface area contributed by atoms with Gasteiger partial charge in [-0.15, -0.1) is 0 Å².